The highest BCUT2D eigenvalue weighted by Gasteiger charge is 2.01. The second-order valence-corrected chi connectivity index (χ2v) is 5.38. The third-order valence-corrected chi connectivity index (χ3v) is 3.95. The first kappa shape index (κ1) is 9.68. The van der Waals surface area contributed by atoms with Crippen LogP contribution < -0.4 is 5.32 Å². The maximum absolute atomic E-state index is 4.17. The highest BCUT2D eigenvalue weighted by atomic mass is 32.1. The van der Waals surface area contributed by atoms with E-state index in [1.807, 2.05) is 22.9 Å². The minimum Gasteiger partial charge on any atom is -0.357 e. The first-order valence-corrected chi connectivity index (χ1v) is 6.14. The number of nitrogens with one attached hydrogen (secondary N) is 1. The van der Waals surface area contributed by atoms with Crippen molar-refractivity contribution < 1.29 is 0 Å². The Morgan fingerprint density at radius 3 is 2.86 bits per heavy atom. The van der Waals surface area contributed by atoms with Crippen molar-refractivity contribution in [1.29, 1.82) is 0 Å². The largest absolute Gasteiger partial charge is 0.357 e. The molecule has 2 rings (SSSR count). The molecule has 4 heteroatoms. The van der Waals surface area contributed by atoms with Crippen LogP contribution in [0.5, 0.6) is 0 Å². The Morgan fingerprint density at radius 1 is 1.43 bits per heavy atom. The molecule has 0 spiro atoms. The second-order valence-electron chi connectivity index (χ2n) is 3.14. The number of hydrogen-bond donors (Lipinski definition) is 1. The van der Waals surface area contributed by atoms with E-state index in [0.29, 0.717) is 0 Å². The number of rotatable bonds is 3. The molecule has 0 atom stereocenters. The fourth-order valence-electron chi connectivity index (χ4n) is 1.21. The molecular weight excluding hydrogens is 212 g/mol. The van der Waals surface area contributed by atoms with Crippen LogP contribution in [0.25, 0.3) is 0 Å². The van der Waals surface area contributed by atoms with Gasteiger partial charge < -0.3 is 5.32 Å². The van der Waals surface area contributed by atoms with Crippen LogP contribution in [-0.2, 0) is 6.54 Å². The predicted molar refractivity (Wildman–Crippen MR) is 63.2 cm³/mol. The van der Waals surface area contributed by atoms with Gasteiger partial charge in [0.15, 0.2) is 5.13 Å². The van der Waals surface area contributed by atoms with Gasteiger partial charge in [-0.05, 0) is 25.5 Å². The highest BCUT2D eigenvalue weighted by Crippen LogP contribution is 2.22. The molecule has 0 bridgehead atoms. The van der Waals surface area contributed by atoms with Crippen molar-refractivity contribution in [2.75, 3.05) is 5.32 Å². The molecule has 0 unspecified atom stereocenters. The number of aromatic nitrogens is 1. The summed E-state index contributed by atoms with van der Waals surface area (Å²) in [5.41, 5.74) is 1.38. The monoisotopic (exact) mass is 224 g/mol. The zero-order valence-electron chi connectivity index (χ0n) is 8.20. The Morgan fingerprint density at radius 2 is 2.29 bits per heavy atom. The molecule has 2 aromatic heterocycles. The summed E-state index contributed by atoms with van der Waals surface area (Å²) < 4.78 is 0. The van der Waals surface area contributed by atoms with Gasteiger partial charge in [-0.2, -0.15) is 0 Å². The third kappa shape index (κ3) is 2.13. The number of hydrogen-bond acceptors (Lipinski definition) is 4. The SMILES string of the molecule is Cc1cc(CNc2nccs2)sc1C. The van der Waals surface area contributed by atoms with Gasteiger partial charge in [0.05, 0.1) is 6.54 Å². The topological polar surface area (TPSA) is 24.9 Å². The molecule has 1 N–H and O–H groups in total. The van der Waals surface area contributed by atoms with Crippen LogP contribution in [0, 0.1) is 13.8 Å². The van der Waals surface area contributed by atoms with Crippen molar-refractivity contribution in [1.82, 2.24) is 4.98 Å². The van der Waals surface area contributed by atoms with Gasteiger partial charge in [0.2, 0.25) is 0 Å². The van der Waals surface area contributed by atoms with Crippen LogP contribution in [0.2, 0.25) is 0 Å². The van der Waals surface area contributed by atoms with Gasteiger partial charge in [-0.25, -0.2) is 4.98 Å². The molecule has 2 nitrogen and oxygen atoms in total. The molecule has 0 fully saturated rings. The number of thiophene rings is 1. The van der Waals surface area contributed by atoms with Gasteiger partial charge in [-0.15, -0.1) is 22.7 Å². The summed E-state index contributed by atoms with van der Waals surface area (Å²) in [4.78, 5) is 6.95. The van der Waals surface area contributed by atoms with E-state index in [-0.39, 0.29) is 0 Å². The summed E-state index contributed by atoms with van der Waals surface area (Å²) in [5.74, 6) is 0. The maximum atomic E-state index is 4.17. The van der Waals surface area contributed by atoms with E-state index in [1.54, 1.807) is 11.3 Å². The minimum absolute atomic E-state index is 0.882. The van der Waals surface area contributed by atoms with E-state index in [9.17, 15) is 0 Å². The fourth-order valence-corrected chi connectivity index (χ4v) is 2.73. The van der Waals surface area contributed by atoms with Crippen LogP contribution in [0.1, 0.15) is 15.3 Å². The third-order valence-electron chi connectivity index (χ3n) is 2.06. The maximum Gasteiger partial charge on any atom is 0.182 e. The number of thiazole rings is 1. The summed E-state index contributed by atoms with van der Waals surface area (Å²) in [5, 5.41) is 6.27. The molecule has 0 saturated carbocycles. The van der Waals surface area contributed by atoms with E-state index in [0.717, 1.165) is 11.7 Å². The van der Waals surface area contributed by atoms with Gasteiger partial charge in [-0.1, -0.05) is 0 Å². The van der Waals surface area contributed by atoms with Crippen molar-refractivity contribution >= 4 is 27.8 Å². The minimum atomic E-state index is 0.882. The van der Waals surface area contributed by atoms with E-state index in [2.05, 4.69) is 30.2 Å². The Bertz CT molecular complexity index is 384. The van der Waals surface area contributed by atoms with Crippen molar-refractivity contribution in [3.05, 3.63) is 33.0 Å². The van der Waals surface area contributed by atoms with Gasteiger partial charge in [0, 0.05) is 21.3 Å². The molecule has 2 aromatic rings. The van der Waals surface area contributed by atoms with Crippen molar-refractivity contribution in [3.63, 3.8) is 0 Å². The predicted octanol–water partition coefficient (Wildman–Crippen LogP) is 3.43. The zero-order valence-corrected chi connectivity index (χ0v) is 9.84. The van der Waals surface area contributed by atoms with Gasteiger partial charge in [0.25, 0.3) is 0 Å². The summed E-state index contributed by atoms with van der Waals surface area (Å²) in [6.45, 7) is 5.19. The summed E-state index contributed by atoms with van der Waals surface area (Å²) in [6.07, 6.45) is 1.82. The van der Waals surface area contributed by atoms with E-state index in [4.69, 9.17) is 0 Å². The molecule has 0 saturated heterocycles. The molecule has 74 valence electrons. The van der Waals surface area contributed by atoms with Crippen LogP contribution >= 0.6 is 22.7 Å². The smallest absolute Gasteiger partial charge is 0.182 e. The molecule has 0 radical (unpaired) electrons. The Balaban J connectivity index is 1.98. The Hall–Kier alpha value is -0.870. The second kappa shape index (κ2) is 4.11. The van der Waals surface area contributed by atoms with Crippen molar-refractivity contribution in [3.8, 4) is 0 Å². The quantitative estimate of drug-likeness (QED) is 0.864. The average Bonchev–Trinajstić information content (AvgIpc) is 2.74. The summed E-state index contributed by atoms with van der Waals surface area (Å²) in [6, 6.07) is 2.24. The van der Waals surface area contributed by atoms with Crippen LogP contribution in [-0.4, -0.2) is 4.98 Å². The fraction of sp³-hybridized carbons (Fsp3) is 0.300. The van der Waals surface area contributed by atoms with Gasteiger partial charge >= 0.3 is 0 Å². The lowest BCUT2D eigenvalue weighted by molar-refractivity contribution is 1.17. The first-order valence-electron chi connectivity index (χ1n) is 4.45. The van der Waals surface area contributed by atoms with Gasteiger partial charge in [-0.3, -0.25) is 0 Å². The molecule has 0 amide bonds. The Kier molecular flexibility index (Phi) is 2.84. The summed E-state index contributed by atoms with van der Waals surface area (Å²) in [7, 11) is 0. The molecule has 0 aliphatic rings. The van der Waals surface area contributed by atoms with E-state index in [1.165, 1.54) is 15.3 Å². The average molecular weight is 224 g/mol. The van der Waals surface area contributed by atoms with E-state index >= 15 is 0 Å². The molecule has 0 aliphatic carbocycles. The van der Waals surface area contributed by atoms with Gasteiger partial charge in [0.1, 0.15) is 0 Å². The lowest BCUT2D eigenvalue weighted by Crippen LogP contribution is -1.95. The number of nitrogens with zero attached hydrogens (tertiary/aromatic N) is 1. The van der Waals surface area contributed by atoms with Crippen LogP contribution in [0.4, 0.5) is 5.13 Å². The summed E-state index contributed by atoms with van der Waals surface area (Å²) >= 11 is 3.49. The highest BCUT2D eigenvalue weighted by molar-refractivity contribution is 7.13. The Labute approximate surface area is 91.6 Å². The molecule has 0 aromatic carbocycles. The normalized spacial score (nSPS) is 10.4. The lowest BCUT2D eigenvalue weighted by atomic mass is 10.3. The molecule has 0 aliphatic heterocycles. The molecule has 14 heavy (non-hydrogen) atoms. The van der Waals surface area contributed by atoms with Crippen molar-refractivity contribution in [2.24, 2.45) is 0 Å². The van der Waals surface area contributed by atoms with Crippen LogP contribution in [0.3, 0.4) is 0 Å². The number of anilines is 1. The lowest BCUT2D eigenvalue weighted by Gasteiger charge is -1.98. The van der Waals surface area contributed by atoms with E-state index < -0.39 is 0 Å². The molecular formula is C10H12N2S2. The molecule has 2 heterocycles. The number of aryl methyl sites for hydroxylation is 2. The van der Waals surface area contributed by atoms with Crippen molar-refractivity contribution in [2.45, 2.75) is 20.4 Å². The first-order chi connectivity index (χ1) is 6.75. The standard InChI is InChI=1S/C10H12N2S2/c1-7-5-9(14-8(7)2)6-12-10-11-3-4-13-10/h3-5H,6H2,1-2H3,(H,11,12). The van der Waals surface area contributed by atoms with Crippen LogP contribution in [0.15, 0.2) is 17.6 Å². The zero-order chi connectivity index (χ0) is 9.97.